The second-order valence-electron chi connectivity index (χ2n) is 8.10. The maximum absolute atomic E-state index is 13.1. The Balaban J connectivity index is 1.39. The second kappa shape index (κ2) is 9.23. The third-order valence-corrected chi connectivity index (χ3v) is 5.75. The molecular formula is C27H22N4O3. The number of rotatable bonds is 5. The zero-order valence-electron chi connectivity index (χ0n) is 18.6. The van der Waals surface area contributed by atoms with Crippen molar-refractivity contribution in [1.82, 2.24) is 15.0 Å². The van der Waals surface area contributed by atoms with Gasteiger partial charge in [0.2, 0.25) is 0 Å². The van der Waals surface area contributed by atoms with Crippen molar-refractivity contribution in [2.24, 2.45) is 5.10 Å². The standard InChI is InChI=1S/C27H22N4O3/c1-18-15-29-24(16-28-18)27(33)34-17-26(32)31-25(20-8-3-2-4-9-20)14-23(30-31)22-12-11-19-7-5-6-10-21(19)13-22/h2-13,15-16,25H,14,17H2,1H3. The van der Waals surface area contributed by atoms with Crippen LogP contribution in [0.15, 0.2) is 90.3 Å². The fourth-order valence-corrected chi connectivity index (χ4v) is 3.98. The lowest BCUT2D eigenvalue weighted by Gasteiger charge is -2.21. The highest BCUT2D eigenvalue weighted by atomic mass is 16.5. The molecule has 1 aliphatic heterocycles. The molecular weight excluding hydrogens is 428 g/mol. The van der Waals surface area contributed by atoms with Crippen molar-refractivity contribution in [1.29, 1.82) is 0 Å². The Morgan fingerprint density at radius 3 is 2.47 bits per heavy atom. The van der Waals surface area contributed by atoms with E-state index < -0.39 is 18.5 Å². The molecule has 1 atom stereocenters. The van der Waals surface area contributed by atoms with Crippen LogP contribution in [0.5, 0.6) is 0 Å². The molecule has 1 aliphatic rings. The van der Waals surface area contributed by atoms with Crippen LogP contribution in [0.4, 0.5) is 0 Å². The molecule has 1 amide bonds. The number of benzene rings is 3. The van der Waals surface area contributed by atoms with Crippen LogP contribution in [-0.2, 0) is 9.53 Å². The Labute approximate surface area is 196 Å². The summed E-state index contributed by atoms with van der Waals surface area (Å²) >= 11 is 0. The number of nitrogens with zero attached hydrogens (tertiary/aromatic N) is 4. The lowest BCUT2D eigenvalue weighted by molar-refractivity contribution is -0.136. The molecule has 0 radical (unpaired) electrons. The van der Waals surface area contributed by atoms with Crippen LogP contribution in [0.25, 0.3) is 10.8 Å². The molecule has 3 aromatic carbocycles. The van der Waals surface area contributed by atoms with Gasteiger partial charge in [0.15, 0.2) is 12.3 Å². The number of hydrogen-bond acceptors (Lipinski definition) is 6. The Morgan fingerprint density at radius 1 is 0.941 bits per heavy atom. The SMILES string of the molecule is Cc1cnc(C(=O)OCC(=O)N2N=C(c3ccc4ccccc4c3)CC2c2ccccc2)cn1. The van der Waals surface area contributed by atoms with E-state index in [4.69, 9.17) is 4.74 Å². The maximum atomic E-state index is 13.1. The van der Waals surface area contributed by atoms with E-state index >= 15 is 0 Å². The van der Waals surface area contributed by atoms with Gasteiger partial charge in [-0.3, -0.25) is 9.78 Å². The molecule has 5 rings (SSSR count). The molecule has 0 bridgehead atoms. The quantitative estimate of drug-likeness (QED) is 0.419. The Hall–Kier alpha value is -4.39. The van der Waals surface area contributed by atoms with Gasteiger partial charge in [-0.1, -0.05) is 66.7 Å². The highest BCUT2D eigenvalue weighted by Crippen LogP contribution is 2.33. The van der Waals surface area contributed by atoms with E-state index in [1.54, 1.807) is 6.92 Å². The predicted molar refractivity (Wildman–Crippen MR) is 128 cm³/mol. The summed E-state index contributed by atoms with van der Waals surface area (Å²) in [4.78, 5) is 33.5. The van der Waals surface area contributed by atoms with E-state index in [0.717, 1.165) is 27.6 Å². The van der Waals surface area contributed by atoms with Crippen molar-refractivity contribution in [3.05, 3.63) is 108 Å². The monoisotopic (exact) mass is 450 g/mol. The Bertz CT molecular complexity index is 1380. The molecule has 0 aliphatic carbocycles. The number of amides is 1. The molecule has 168 valence electrons. The number of fused-ring (bicyclic) bond motifs is 1. The van der Waals surface area contributed by atoms with Gasteiger partial charge in [0, 0.05) is 12.6 Å². The number of ether oxygens (including phenoxy) is 1. The van der Waals surface area contributed by atoms with Crippen molar-refractivity contribution in [2.45, 2.75) is 19.4 Å². The number of hydrogen-bond donors (Lipinski definition) is 0. The molecule has 1 unspecified atom stereocenters. The minimum Gasteiger partial charge on any atom is -0.451 e. The molecule has 7 heteroatoms. The third-order valence-electron chi connectivity index (χ3n) is 5.75. The van der Waals surface area contributed by atoms with E-state index in [2.05, 4.69) is 39.3 Å². The first kappa shape index (κ1) is 21.5. The number of carbonyl (C=O) groups excluding carboxylic acids is 2. The van der Waals surface area contributed by atoms with Crippen molar-refractivity contribution in [3.8, 4) is 0 Å². The summed E-state index contributed by atoms with van der Waals surface area (Å²) in [5.41, 5.74) is 3.47. The van der Waals surface area contributed by atoms with Crippen molar-refractivity contribution < 1.29 is 14.3 Å². The van der Waals surface area contributed by atoms with E-state index in [-0.39, 0.29) is 11.7 Å². The van der Waals surface area contributed by atoms with E-state index in [1.807, 2.05) is 48.5 Å². The van der Waals surface area contributed by atoms with Crippen LogP contribution >= 0.6 is 0 Å². The summed E-state index contributed by atoms with van der Waals surface area (Å²) in [5.74, 6) is -1.10. The van der Waals surface area contributed by atoms with Crippen LogP contribution in [-0.4, -0.2) is 39.2 Å². The van der Waals surface area contributed by atoms with E-state index in [0.29, 0.717) is 12.1 Å². The minimum atomic E-state index is -0.699. The molecule has 34 heavy (non-hydrogen) atoms. The Kier molecular flexibility index (Phi) is 5.82. The van der Waals surface area contributed by atoms with Gasteiger partial charge in [-0.05, 0) is 34.9 Å². The molecule has 7 nitrogen and oxygen atoms in total. The van der Waals surface area contributed by atoms with Gasteiger partial charge in [-0.25, -0.2) is 14.8 Å². The number of esters is 1. The van der Waals surface area contributed by atoms with Crippen molar-refractivity contribution in [3.63, 3.8) is 0 Å². The normalized spacial score (nSPS) is 15.3. The first-order chi connectivity index (χ1) is 16.6. The van der Waals surface area contributed by atoms with Gasteiger partial charge in [-0.15, -0.1) is 0 Å². The molecule has 0 spiro atoms. The molecule has 2 heterocycles. The van der Waals surface area contributed by atoms with Crippen LogP contribution in [0, 0.1) is 6.92 Å². The van der Waals surface area contributed by atoms with Crippen molar-refractivity contribution in [2.75, 3.05) is 6.61 Å². The first-order valence-corrected chi connectivity index (χ1v) is 11.0. The first-order valence-electron chi connectivity index (χ1n) is 11.0. The van der Waals surface area contributed by atoms with E-state index in [9.17, 15) is 9.59 Å². The van der Waals surface area contributed by atoms with Gasteiger partial charge in [0.05, 0.1) is 23.6 Å². The van der Waals surface area contributed by atoms with Crippen LogP contribution in [0.2, 0.25) is 0 Å². The van der Waals surface area contributed by atoms with Gasteiger partial charge < -0.3 is 4.74 Å². The summed E-state index contributed by atoms with van der Waals surface area (Å²) < 4.78 is 5.22. The molecule has 1 aromatic heterocycles. The third kappa shape index (κ3) is 4.41. The number of carbonyl (C=O) groups is 2. The van der Waals surface area contributed by atoms with Crippen LogP contribution in [0.1, 0.15) is 39.8 Å². The summed E-state index contributed by atoms with van der Waals surface area (Å²) in [6, 6.07) is 23.7. The zero-order valence-corrected chi connectivity index (χ0v) is 18.6. The maximum Gasteiger partial charge on any atom is 0.359 e. The number of aromatic nitrogens is 2. The number of hydrazone groups is 1. The highest BCUT2D eigenvalue weighted by Gasteiger charge is 2.33. The average Bonchev–Trinajstić information content (AvgIpc) is 3.33. The summed E-state index contributed by atoms with van der Waals surface area (Å²) in [7, 11) is 0. The topological polar surface area (TPSA) is 84.8 Å². The molecule has 0 saturated heterocycles. The summed E-state index contributed by atoms with van der Waals surface area (Å²) in [6.45, 7) is 1.33. The largest absolute Gasteiger partial charge is 0.451 e. The lowest BCUT2D eigenvalue weighted by atomic mass is 9.97. The molecule has 0 saturated carbocycles. The van der Waals surface area contributed by atoms with Crippen LogP contribution < -0.4 is 0 Å². The van der Waals surface area contributed by atoms with Gasteiger partial charge in [0.25, 0.3) is 5.91 Å². The van der Waals surface area contributed by atoms with Gasteiger partial charge >= 0.3 is 5.97 Å². The molecule has 0 N–H and O–H groups in total. The fourth-order valence-electron chi connectivity index (χ4n) is 3.98. The lowest BCUT2D eigenvalue weighted by Crippen LogP contribution is -2.31. The zero-order chi connectivity index (χ0) is 23.5. The van der Waals surface area contributed by atoms with Crippen LogP contribution in [0.3, 0.4) is 0 Å². The smallest absolute Gasteiger partial charge is 0.359 e. The summed E-state index contributed by atoms with van der Waals surface area (Å²) in [6.07, 6.45) is 3.37. The highest BCUT2D eigenvalue weighted by molar-refractivity contribution is 6.05. The minimum absolute atomic E-state index is 0.0554. The second-order valence-corrected chi connectivity index (χ2v) is 8.10. The average molecular weight is 450 g/mol. The Morgan fingerprint density at radius 2 is 1.71 bits per heavy atom. The van der Waals surface area contributed by atoms with Gasteiger partial charge in [-0.2, -0.15) is 5.10 Å². The number of aryl methyl sites for hydroxylation is 1. The van der Waals surface area contributed by atoms with Crippen molar-refractivity contribution >= 4 is 28.4 Å². The van der Waals surface area contributed by atoms with Gasteiger partial charge in [0.1, 0.15) is 0 Å². The van der Waals surface area contributed by atoms with E-state index in [1.165, 1.54) is 17.4 Å². The predicted octanol–water partition coefficient (Wildman–Crippen LogP) is 4.47. The molecule has 0 fully saturated rings. The summed E-state index contributed by atoms with van der Waals surface area (Å²) in [5, 5.41) is 8.34. The molecule has 4 aromatic rings. The fraction of sp³-hybridized carbons (Fsp3) is 0.148.